The number of allylic oxidation sites excluding steroid dienone is 1. The van der Waals surface area contributed by atoms with Gasteiger partial charge in [0, 0.05) is 56.5 Å². The highest BCUT2D eigenvalue weighted by Crippen LogP contribution is 2.32. The normalized spacial score (nSPS) is 13.4. The molecule has 5 rings (SSSR count). The summed E-state index contributed by atoms with van der Waals surface area (Å²) in [5, 5.41) is 12.8. The van der Waals surface area contributed by atoms with Crippen molar-refractivity contribution in [3.63, 3.8) is 0 Å². The van der Waals surface area contributed by atoms with Gasteiger partial charge in [0.1, 0.15) is 41.0 Å². The van der Waals surface area contributed by atoms with Crippen LogP contribution in [0, 0.1) is 17.5 Å². The summed E-state index contributed by atoms with van der Waals surface area (Å²) >= 11 is 0. The molecule has 16 heteroatoms. The topological polar surface area (TPSA) is 152 Å². The number of hydrogen-bond acceptors (Lipinski definition) is 7. The molecule has 0 radical (unpaired) electrons. The number of anilines is 1. The molecule has 4 aromatic rings. The number of hydrogen-bond donors (Lipinski definition) is 2. The minimum absolute atomic E-state index is 0.0110. The van der Waals surface area contributed by atoms with Crippen molar-refractivity contribution in [2.45, 2.75) is 44.9 Å². The van der Waals surface area contributed by atoms with Gasteiger partial charge in [-0.25, -0.2) is 27.3 Å². The molecule has 2 aromatic heterocycles. The molecule has 1 fully saturated rings. The molecular weight excluding hydrogens is 687 g/mol. The smallest absolute Gasteiger partial charge is 0.416 e. The molecule has 0 bridgehead atoms. The van der Waals surface area contributed by atoms with Crippen molar-refractivity contribution in [2.75, 3.05) is 32.5 Å². The molecule has 3 amide bonds. The zero-order valence-electron chi connectivity index (χ0n) is 28.3. The molecule has 1 unspecified atom stereocenters. The number of benzene rings is 2. The van der Waals surface area contributed by atoms with Gasteiger partial charge < -0.3 is 34.3 Å². The van der Waals surface area contributed by atoms with Crippen LogP contribution in [0.3, 0.4) is 0 Å². The molecule has 1 saturated heterocycles. The highest BCUT2D eigenvalue weighted by molar-refractivity contribution is 5.96. The van der Waals surface area contributed by atoms with Crippen molar-refractivity contribution in [1.29, 1.82) is 0 Å². The third kappa shape index (κ3) is 8.80. The van der Waals surface area contributed by atoms with Gasteiger partial charge in [-0.1, -0.05) is 6.08 Å². The van der Waals surface area contributed by atoms with Crippen molar-refractivity contribution in [3.05, 3.63) is 106 Å². The molecule has 274 valence electrons. The van der Waals surface area contributed by atoms with Crippen molar-refractivity contribution >= 4 is 40.6 Å². The van der Waals surface area contributed by atoms with Gasteiger partial charge in [0.25, 0.3) is 11.5 Å². The van der Waals surface area contributed by atoms with Gasteiger partial charge in [0.05, 0.1) is 12.2 Å². The summed E-state index contributed by atoms with van der Waals surface area (Å²) in [6, 6.07) is 8.93. The zero-order valence-corrected chi connectivity index (χ0v) is 28.3. The Bertz CT molecular complexity index is 2090. The van der Waals surface area contributed by atoms with Crippen LogP contribution in [0.15, 0.2) is 71.7 Å². The molecule has 1 atom stereocenters. The molecular formula is C36H36F3N5O8. The lowest BCUT2D eigenvalue weighted by Gasteiger charge is -2.21. The van der Waals surface area contributed by atoms with Crippen LogP contribution in [-0.2, 0) is 27.5 Å². The summed E-state index contributed by atoms with van der Waals surface area (Å²) < 4.78 is 55.3. The molecule has 0 saturated carbocycles. The maximum atomic E-state index is 14.6. The van der Waals surface area contributed by atoms with E-state index >= 15 is 0 Å². The van der Waals surface area contributed by atoms with Gasteiger partial charge in [-0.3, -0.25) is 14.4 Å². The molecule has 0 spiro atoms. The maximum absolute atomic E-state index is 14.6. The Hall–Kier alpha value is -6.06. The lowest BCUT2D eigenvalue weighted by Crippen LogP contribution is -2.39. The molecule has 0 aliphatic carbocycles. The van der Waals surface area contributed by atoms with Gasteiger partial charge in [-0.05, 0) is 68.2 Å². The van der Waals surface area contributed by atoms with Crippen molar-refractivity contribution in [3.8, 4) is 5.75 Å². The van der Waals surface area contributed by atoms with Gasteiger partial charge in [0.2, 0.25) is 5.91 Å². The standard InChI is InChI=1S/C36H36F3N5O8/c1-41(2)31(45)10-4-3-9-29(52-36(50)42-13-5-6-14-42)33(46)40-28-8-7-15-43(34(28)47)20-26-17-23-16-25(38)19-30(32(23)44(26)35(48)49)51-21-22-11-12-24(37)18-27(22)39/h4,7-8,10-12,15-19,29H,3,5-6,9,13-14,20-21H2,1-2H3,(H,40,46)(H,48,49)/b10-4+. The SMILES string of the molecule is CN(C)C(=O)/C=C/CCC(OC(=O)N1CCCC1)C(=O)Nc1cccn(Cc2cc3cc(F)cc(OCc4ccc(F)cc4F)c3n2C(=O)O)c1=O. The average molecular weight is 724 g/mol. The lowest BCUT2D eigenvalue weighted by atomic mass is 10.1. The van der Waals surface area contributed by atoms with E-state index in [9.17, 15) is 42.3 Å². The van der Waals surface area contributed by atoms with Crippen molar-refractivity contribution in [2.24, 2.45) is 0 Å². The predicted octanol–water partition coefficient (Wildman–Crippen LogP) is 5.34. The lowest BCUT2D eigenvalue weighted by molar-refractivity contribution is -0.125. The first-order chi connectivity index (χ1) is 24.8. The fraction of sp³-hybridized carbons (Fsp3) is 0.306. The number of nitrogens with one attached hydrogen (secondary N) is 1. The maximum Gasteiger partial charge on any atom is 0.416 e. The first-order valence-corrected chi connectivity index (χ1v) is 16.3. The average Bonchev–Trinajstić information content (AvgIpc) is 3.76. The van der Waals surface area contributed by atoms with Crippen LogP contribution in [0.4, 0.5) is 28.4 Å². The monoisotopic (exact) mass is 723 g/mol. The number of carbonyl (C=O) groups is 4. The summed E-state index contributed by atoms with van der Waals surface area (Å²) in [5.41, 5.74) is -1.03. The van der Waals surface area contributed by atoms with E-state index in [2.05, 4.69) is 5.32 Å². The third-order valence-electron chi connectivity index (χ3n) is 8.30. The number of likely N-dealkylation sites (tertiary alicyclic amines) is 1. The van der Waals surface area contributed by atoms with E-state index in [4.69, 9.17) is 9.47 Å². The number of fused-ring (bicyclic) bond motifs is 1. The van der Waals surface area contributed by atoms with E-state index < -0.39 is 53.8 Å². The Kier molecular flexibility index (Phi) is 11.7. The molecule has 2 N–H and O–H groups in total. The van der Waals surface area contributed by atoms with Crippen LogP contribution in [-0.4, -0.2) is 81.3 Å². The Morgan fingerprint density at radius 2 is 1.77 bits per heavy atom. The highest BCUT2D eigenvalue weighted by atomic mass is 19.1. The van der Waals surface area contributed by atoms with E-state index in [-0.39, 0.29) is 58.9 Å². The summed E-state index contributed by atoms with van der Waals surface area (Å²) in [7, 11) is 3.17. The first kappa shape index (κ1) is 37.2. The number of likely N-dealkylation sites (N-methyl/N-ethyl adjacent to an activating group) is 1. The van der Waals surface area contributed by atoms with Crippen molar-refractivity contribution < 1.29 is 46.9 Å². The summed E-state index contributed by atoms with van der Waals surface area (Å²) in [6.45, 7) is 0.141. The predicted molar refractivity (Wildman–Crippen MR) is 183 cm³/mol. The van der Waals surface area contributed by atoms with Crippen LogP contribution in [0.2, 0.25) is 0 Å². The van der Waals surface area contributed by atoms with Gasteiger partial charge in [-0.15, -0.1) is 0 Å². The van der Waals surface area contributed by atoms with E-state index in [0.717, 1.165) is 46.2 Å². The van der Waals surface area contributed by atoms with Crippen LogP contribution in [0.5, 0.6) is 5.75 Å². The fourth-order valence-corrected chi connectivity index (χ4v) is 5.64. The number of carboxylic acid groups (broad SMARTS) is 1. The second kappa shape index (κ2) is 16.3. The molecule has 1 aliphatic heterocycles. The quantitative estimate of drug-likeness (QED) is 0.186. The summed E-state index contributed by atoms with van der Waals surface area (Å²) in [5.74, 6) is -3.78. The van der Waals surface area contributed by atoms with Gasteiger partial charge in [0.15, 0.2) is 6.10 Å². The number of rotatable bonds is 12. The van der Waals surface area contributed by atoms with E-state index in [1.165, 1.54) is 40.3 Å². The third-order valence-corrected chi connectivity index (χ3v) is 8.30. The summed E-state index contributed by atoms with van der Waals surface area (Å²) in [4.78, 5) is 67.1. The van der Waals surface area contributed by atoms with Gasteiger partial charge >= 0.3 is 12.2 Å². The van der Waals surface area contributed by atoms with E-state index in [1.54, 1.807) is 20.2 Å². The Morgan fingerprint density at radius 3 is 2.46 bits per heavy atom. The van der Waals surface area contributed by atoms with Crippen LogP contribution in [0.1, 0.15) is 36.9 Å². The largest absolute Gasteiger partial charge is 0.486 e. The molecule has 3 heterocycles. The van der Waals surface area contributed by atoms with Crippen molar-refractivity contribution in [1.82, 2.24) is 18.9 Å². The minimum Gasteiger partial charge on any atom is -0.486 e. The Balaban J connectivity index is 1.39. The Morgan fingerprint density at radius 1 is 1.02 bits per heavy atom. The van der Waals surface area contributed by atoms with Crippen LogP contribution in [0.25, 0.3) is 10.9 Å². The van der Waals surface area contributed by atoms with Crippen LogP contribution >= 0.6 is 0 Å². The summed E-state index contributed by atoms with van der Waals surface area (Å²) in [6.07, 6.45) is 2.56. The number of aromatic nitrogens is 2. The number of halogens is 3. The first-order valence-electron chi connectivity index (χ1n) is 16.3. The number of carbonyl (C=O) groups excluding carboxylic acids is 3. The fourth-order valence-electron chi connectivity index (χ4n) is 5.64. The molecule has 1 aliphatic rings. The number of amides is 3. The second-order valence-electron chi connectivity index (χ2n) is 12.2. The van der Waals surface area contributed by atoms with Gasteiger partial charge in [-0.2, -0.15) is 0 Å². The molecule has 2 aromatic carbocycles. The zero-order chi connectivity index (χ0) is 37.5. The number of nitrogens with zero attached hydrogens (tertiary/aromatic N) is 4. The van der Waals surface area contributed by atoms with E-state index in [0.29, 0.717) is 19.2 Å². The van der Waals surface area contributed by atoms with Crippen LogP contribution < -0.4 is 15.6 Å². The van der Waals surface area contributed by atoms with E-state index in [1.807, 2.05) is 0 Å². The molecule has 52 heavy (non-hydrogen) atoms. The number of ether oxygens (including phenoxy) is 2. The number of pyridine rings is 1. The minimum atomic E-state index is -1.49. The second-order valence-corrected chi connectivity index (χ2v) is 12.2. The Labute approximate surface area is 295 Å². The highest BCUT2D eigenvalue weighted by Gasteiger charge is 2.28. The molecule has 13 nitrogen and oxygen atoms in total.